The molecule has 0 bridgehead atoms. The highest BCUT2D eigenvalue weighted by Crippen LogP contribution is 2.21. The SMILES string of the molecule is CCCNC(CCC(C)OC)c1cccc(CCC)c1. The van der Waals surface area contributed by atoms with Crippen LogP contribution in [0, 0.1) is 0 Å². The molecule has 2 nitrogen and oxygen atoms in total. The molecule has 0 aliphatic rings. The summed E-state index contributed by atoms with van der Waals surface area (Å²) < 4.78 is 5.38. The van der Waals surface area contributed by atoms with Gasteiger partial charge in [0.05, 0.1) is 6.10 Å². The fourth-order valence-corrected chi connectivity index (χ4v) is 2.48. The van der Waals surface area contributed by atoms with Crippen LogP contribution in [0.3, 0.4) is 0 Å². The van der Waals surface area contributed by atoms with Gasteiger partial charge in [-0.2, -0.15) is 0 Å². The molecule has 0 heterocycles. The number of rotatable bonds is 10. The van der Waals surface area contributed by atoms with Crippen LogP contribution in [0.2, 0.25) is 0 Å². The van der Waals surface area contributed by atoms with E-state index in [9.17, 15) is 0 Å². The molecule has 2 heteroatoms. The second-order valence-electron chi connectivity index (χ2n) is 5.63. The first-order chi connectivity index (χ1) is 9.71. The van der Waals surface area contributed by atoms with E-state index in [4.69, 9.17) is 4.74 Å². The Bertz CT molecular complexity index is 364. The van der Waals surface area contributed by atoms with Gasteiger partial charge in [0.2, 0.25) is 0 Å². The van der Waals surface area contributed by atoms with Crippen molar-refractivity contribution in [2.75, 3.05) is 13.7 Å². The van der Waals surface area contributed by atoms with Gasteiger partial charge in [0.1, 0.15) is 0 Å². The normalized spacial score (nSPS) is 14.2. The average molecular weight is 277 g/mol. The number of ether oxygens (including phenoxy) is 1. The number of nitrogens with one attached hydrogen (secondary N) is 1. The lowest BCUT2D eigenvalue weighted by molar-refractivity contribution is 0.106. The molecule has 114 valence electrons. The van der Waals surface area contributed by atoms with Gasteiger partial charge >= 0.3 is 0 Å². The van der Waals surface area contributed by atoms with Crippen molar-refractivity contribution in [3.8, 4) is 0 Å². The van der Waals surface area contributed by atoms with Gasteiger partial charge < -0.3 is 10.1 Å². The molecule has 2 atom stereocenters. The third kappa shape index (κ3) is 6.06. The van der Waals surface area contributed by atoms with Crippen LogP contribution in [-0.2, 0) is 11.2 Å². The maximum atomic E-state index is 5.38. The van der Waals surface area contributed by atoms with Crippen molar-refractivity contribution in [1.29, 1.82) is 0 Å². The van der Waals surface area contributed by atoms with Gasteiger partial charge in [-0.3, -0.25) is 0 Å². The van der Waals surface area contributed by atoms with E-state index in [2.05, 4.69) is 50.4 Å². The Kier molecular flexibility index (Phi) is 8.56. The average Bonchev–Trinajstić information content (AvgIpc) is 2.47. The molecule has 1 rings (SSSR count). The van der Waals surface area contributed by atoms with Crippen molar-refractivity contribution in [2.24, 2.45) is 0 Å². The molecule has 0 radical (unpaired) electrons. The third-order valence-electron chi connectivity index (χ3n) is 3.80. The Hall–Kier alpha value is -0.860. The lowest BCUT2D eigenvalue weighted by Gasteiger charge is -2.21. The lowest BCUT2D eigenvalue weighted by Crippen LogP contribution is -2.23. The molecule has 1 N–H and O–H groups in total. The van der Waals surface area contributed by atoms with Crippen LogP contribution >= 0.6 is 0 Å². The molecule has 0 saturated carbocycles. The molecule has 20 heavy (non-hydrogen) atoms. The largest absolute Gasteiger partial charge is 0.382 e. The van der Waals surface area contributed by atoms with E-state index in [0.29, 0.717) is 12.1 Å². The minimum Gasteiger partial charge on any atom is -0.382 e. The third-order valence-corrected chi connectivity index (χ3v) is 3.80. The summed E-state index contributed by atoms with van der Waals surface area (Å²) in [6, 6.07) is 9.50. The van der Waals surface area contributed by atoms with Crippen molar-refractivity contribution < 1.29 is 4.74 Å². The molecule has 2 unspecified atom stereocenters. The zero-order valence-electron chi connectivity index (χ0n) is 13.6. The number of methoxy groups -OCH3 is 1. The summed E-state index contributed by atoms with van der Waals surface area (Å²) in [5, 5.41) is 3.68. The van der Waals surface area contributed by atoms with Gasteiger partial charge in [-0.05, 0) is 50.3 Å². The van der Waals surface area contributed by atoms with Crippen molar-refractivity contribution in [2.45, 2.75) is 65.0 Å². The van der Waals surface area contributed by atoms with Crippen LogP contribution in [0.1, 0.15) is 63.6 Å². The first kappa shape index (κ1) is 17.2. The van der Waals surface area contributed by atoms with E-state index in [1.807, 2.05) is 0 Å². The monoisotopic (exact) mass is 277 g/mol. The summed E-state index contributed by atoms with van der Waals surface area (Å²) in [4.78, 5) is 0. The quantitative estimate of drug-likeness (QED) is 0.680. The van der Waals surface area contributed by atoms with Crippen molar-refractivity contribution in [1.82, 2.24) is 5.32 Å². The fraction of sp³-hybridized carbons (Fsp3) is 0.667. The molecular weight excluding hydrogens is 246 g/mol. The molecule has 0 aliphatic carbocycles. The first-order valence-corrected chi connectivity index (χ1v) is 8.06. The maximum absolute atomic E-state index is 5.38. The van der Waals surface area contributed by atoms with Crippen molar-refractivity contribution >= 4 is 0 Å². The molecule has 0 spiro atoms. The Balaban J connectivity index is 2.72. The summed E-state index contributed by atoms with van der Waals surface area (Å²) >= 11 is 0. The van der Waals surface area contributed by atoms with Crippen LogP contribution < -0.4 is 5.32 Å². The minimum absolute atomic E-state index is 0.333. The summed E-state index contributed by atoms with van der Waals surface area (Å²) in [6.45, 7) is 7.67. The molecule has 0 saturated heterocycles. The molecule has 1 aromatic rings. The zero-order chi connectivity index (χ0) is 14.8. The van der Waals surface area contributed by atoms with Gasteiger partial charge in [-0.1, -0.05) is 44.5 Å². The van der Waals surface area contributed by atoms with E-state index in [0.717, 1.165) is 19.4 Å². The van der Waals surface area contributed by atoms with Crippen molar-refractivity contribution in [3.63, 3.8) is 0 Å². The molecule has 0 amide bonds. The molecule has 0 aromatic heterocycles. The Morgan fingerprint density at radius 2 is 1.95 bits per heavy atom. The molecular formula is C18H31NO. The van der Waals surface area contributed by atoms with Crippen LogP contribution in [0.5, 0.6) is 0 Å². The first-order valence-electron chi connectivity index (χ1n) is 8.06. The number of benzene rings is 1. The highest BCUT2D eigenvalue weighted by atomic mass is 16.5. The summed E-state index contributed by atoms with van der Waals surface area (Å²) in [7, 11) is 1.79. The number of hydrogen-bond donors (Lipinski definition) is 1. The van der Waals surface area contributed by atoms with Crippen molar-refractivity contribution in [3.05, 3.63) is 35.4 Å². The predicted molar refractivity (Wildman–Crippen MR) is 87.2 cm³/mol. The number of aryl methyl sites for hydroxylation is 1. The molecule has 1 aromatic carbocycles. The second-order valence-corrected chi connectivity index (χ2v) is 5.63. The second kappa shape index (κ2) is 9.95. The van der Waals surface area contributed by atoms with Gasteiger partial charge in [0.25, 0.3) is 0 Å². The molecule has 0 fully saturated rings. The van der Waals surface area contributed by atoms with Crippen LogP contribution in [0.25, 0.3) is 0 Å². The van der Waals surface area contributed by atoms with Gasteiger partial charge in [0, 0.05) is 13.2 Å². The topological polar surface area (TPSA) is 21.3 Å². The standard InChI is InChI=1S/C18H31NO/c1-5-8-16-9-7-10-17(14-16)18(19-13-6-2)12-11-15(3)20-4/h7,9-10,14-15,18-19H,5-6,8,11-13H2,1-4H3. The van der Waals surface area contributed by atoms with Gasteiger partial charge in [0.15, 0.2) is 0 Å². The van der Waals surface area contributed by atoms with E-state index in [1.165, 1.54) is 30.4 Å². The Labute approximate surface area is 124 Å². The Morgan fingerprint density at radius 1 is 1.15 bits per heavy atom. The predicted octanol–water partition coefficient (Wildman–Crippen LogP) is 4.49. The van der Waals surface area contributed by atoms with Crippen LogP contribution in [-0.4, -0.2) is 19.8 Å². The maximum Gasteiger partial charge on any atom is 0.0543 e. The summed E-state index contributed by atoms with van der Waals surface area (Å²) in [6.07, 6.45) is 6.10. The van der Waals surface area contributed by atoms with Crippen LogP contribution in [0.4, 0.5) is 0 Å². The van der Waals surface area contributed by atoms with Gasteiger partial charge in [-0.25, -0.2) is 0 Å². The molecule has 0 aliphatic heterocycles. The van der Waals surface area contributed by atoms with Gasteiger partial charge in [-0.15, -0.1) is 0 Å². The summed E-state index contributed by atoms with van der Waals surface area (Å²) in [5.41, 5.74) is 2.88. The van der Waals surface area contributed by atoms with E-state index in [-0.39, 0.29) is 0 Å². The number of hydrogen-bond acceptors (Lipinski definition) is 2. The van der Waals surface area contributed by atoms with E-state index < -0.39 is 0 Å². The highest BCUT2D eigenvalue weighted by Gasteiger charge is 2.12. The minimum atomic E-state index is 0.333. The van der Waals surface area contributed by atoms with Crippen LogP contribution in [0.15, 0.2) is 24.3 Å². The lowest BCUT2D eigenvalue weighted by atomic mass is 9.97. The Morgan fingerprint density at radius 3 is 2.60 bits per heavy atom. The van der Waals surface area contributed by atoms with E-state index >= 15 is 0 Å². The highest BCUT2D eigenvalue weighted by molar-refractivity contribution is 5.26. The zero-order valence-corrected chi connectivity index (χ0v) is 13.6. The smallest absolute Gasteiger partial charge is 0.0543 e. The van der Waals surface area contributed by atoms with E-state index in [1.54, 1.807) is 7.11 Å². The fourth-order valence-electron chi connectivity index (χ4n) is 2.48. The summed E-state index contributed by atoms with van der Waals surface area (Å²) in [5.74, 6) is 0.